The summed E-state index contributed by atoms with van der Waals surface area (Å²) in [5.74, 6) is -0.174. The molecule has 6 N–H and O–H groups in total. The van der Waals surface area contributed by atoms with Crippen molar-refractivity contribution in [2.45, 2.75) is 12.1 Å². The molecule has 0 spiro atoms. The summed E-state index contributed by atoms with van der Waals surface area (Å²) in [6.45, 7) is -1.21. The maximum Gasteiger partial charge on any atom is 0.351 e. The molecule has 0 bridgehead atoms. The number of aromatic nitrogens is 4. The van der Waals surface area contributed by atoms with E-state index >= 15 is 0 Å². The van der Waals surface area contributed by atoms with Crippen molar-refractivity contribution in [2.75, 3.05) is 18.7 Å². The van der Waals surface area contributed by atoms with Gasteiger partial charge in [0.25, 0.3) is 5.56 Å². The molecule has 13 heteroatoms. The van der Waals surface area contributed by atoms with Crippen LogP contribution in [-0.2, 0) is 15.8 Å². The molecule has 0 aliphatic rings. The number of aromatic amines is 1. The number of hydrogen-bond donors (Lipinski definition) is 5. The van der Waals surface area contributed by atoms with Crippen LogP contribution >= 0.6 is 7.60 Å². The van der Waals surface area contributed by atoms with Crippen LogP contribution < -0.4 is 11.3 Å². The SMILES string of the molecule is N#CC(CO)(Cn1cnc2c(=O)[nH]c(N)nc21)OCP(=O)(O)O. The van der Waals surface area contributed by atoms with Gasteiger partial charge in [0.2, 0.25) is 5.95 Å². The van der Waals surface area contributed by atoms with Crippen LogP contribution in [0.1, 0.15) is 0 Å². The van der Waals surface area contributed by atoms with Crippen LogP contribution in [0.15, 0.2) is 11.1 Å². The lowest BCUT2D eigenvalue weighted by Gasteiger charge is -2.25. The molecule has 2 aromatic heterocycles. The molecule has 2 rings (SSSR count). The number of nitrogens with one attached hydrogen (secondary N) is 1. The number of nitrogens with zero attached hydrogens (tertiary/aromatic N) is 4. The van der Waals surface area contributed by atoms with Gasteiger partial charge in [0, 0.05) is 0 Å². The molecule has 2 heterocycles. The van der Waals surface area contributed by atoms with Crippen molar-refractivity contribution in [3.05, 3.63) is 16.7 Å². The van der Waals surface area contributed by atoms with Gasteiger partial charge in [0.05, 0.1) is 19.5 Å². The molecule has 1 unspecified atom stereocenters. The fourth-order valence-corrected chi connectivity index (χ4v) is 2.23. The third kappa shape index (κ3) is 3.73. The Labute approximate surface area is 128 Å². The number of H-pyrrole nitrogens is 1. The summed E-state index contributed by atoms with van der Waals surface area (Å²) in [7, 11) is -4.54. The Kier molecular flexibility index (Phi) is 4.51. The second kappa shape index (κ2) is 6.07. The molecular weight excluding hydrogens is 331 g/mol. The largest absolute Gasteiger partial charge is 0.392 e. The molecule has 124 valence electrons. The molecule has 2 aromatic rings. The minimum atomic E-state index is -4.54. The first kappa shape index (κ1) is 17.1. The second-order valence-electron chi connectivity index (χ2n) is 4.70. The van der Waals surface area contributed by atoms with Crippen molar-refractivity contribution in [1.29, 1.82) is 5.26 Å². The predicted molar refractivity (Wildman–Crippen MR) is 76.0 cm³/mol. The van der Waals surface area contributed by atoms with E-state index in [1.54, 1.807) is 6.07 Å². The number of aliphatic hydroxyl groups is 1. The van der Waals surface area contributed by atoms with E-state index in [1.165, 1.54) is 10.9 Å². The van der Waals surface area contributed by atoms with Gasteiger partial charge >= 0.3 is 7.60 Å². The summed E-state index contributed by atoms with van der Waals surface area (Å²) < 4.78 is 17.0. The lowest BCUT2D eigenvalue weighted by atomic mass is 10.1. The monoisotopic (exact) mass is 344 g/mol. The Morgan fingerprint density at radius 1 is 1.57 bits per heavy atom. The van der Waals surface area contributed by atoms with Crippen molar-refractivity contribution in [2.24, 2.45) is 0 Å². The molecule has 0 saturated carbocycles. The van der Waals surface area contributed by atoms with Gasteiger partial charge in [-0.25, -0.2) is 4.98 Å². The van der Waals surface area contributed by atoms with Crippen molar-refractivity contribution >= 4 is 24.7 Å². The quantitative estimate of drug-likeness (QED) is 0.369. The second-order valence-corrected chi connectivity index (χ2v) is 6.29. The average molecular weight is 344 g/mol. The van der Waals surface area contributed by atoms with Crippen molar-refractivity contribution in [3.8, 4) is 6.07 Å². The third-order valence-corrected chi connectivity index (χ3v) is 3.35. The van der Waals surface area contributed by atoms with E-state index in [9.17, 15) is 19.7 Å². The van der Waals surface area contributed by atoms with Crippen molar-refractivity contribution < 1.29 is 24.2 Å². The van der Waals surface area contributed by atoms with E-state index in [0.717, 1.165) is 0 Å². The van der Waals surface area contributed by atoms with Gasteiger partial charge in [-0.3, -0.25) is 14.3 Å². The number of ether oxygens (including phenoxy) is 1. The maximum atomic E-state index is 11.7. The Bertz CT molecular complexity index is 865. The summed E-state index contributed by atoms with van der Waals surface area (Å²) in [4.78, 5) is 39.3. The molecule has 12 nitrogen and oxygen atoms in total. The molecule has 0 radical (unpaired) electrons. The van der Waals surface area contributed by atoms with Crippen LogP contribution in [0.5, 0.6) is 0 Å². The van der Waals surface area contributed by atoms with Gasteiger partial charge in [-0.1, -0.05) is 0 Å². The summed E-state index contributed by atoms with van der Waals surface area (Å²) in [5.41, 5.74) is 2.90. The highest BCUT2D eigenvalue weighted by molar-refractivity contribution is 7.51. The number of imidazole rings is 1. The molecule has 0 fully saturated rings. The van der Waals surface area contributed by atoms with Crippen LogP contribution in [0, 0.1) is 11.3 Å². The minimum absolute atomic E-state index is 0.0408. The van der Waals surface area contributed by atoms with Gasteiger partial charge < -0.3 is 29.9 Å². The van der Waals surface area contributed by atoms with Crippen LogP contribution in [0.2, 0.25) is 0 Å². The highest BCUT2D eigenvalue weighted by Crippen LogP contribution is 2.36. The first-order valence-corrected chi connectivity index (χ1v) is 7.91. The minimum Gasteiger partial charge on any atom is -0.392 e. The molecule has 0 amide bonds. The van der Waals surface area contributed by atoms with E-state index in [1.807, 2.05) is 0 Å². The zero-order valence-corrected chi connectivity index (χ0v) is 12.5. The lowest BCUT2D eigenvalue weighted by molar-refractivity contribution is -0.0342. The number of hydrogen-bond acceptors (Lipinski definition) is 8. The normalized spacial score (nSPS) is 14.5. The van der Waals surface area contributed by atoms with Gasteiger partial charge in [-0.15, -0.1) is 0 Å². The lowest BCUT2D eigenvalue weighted by Crippen LogP contribution is -2.40. The predicted octanol–water partition coefficient (Wildman–Crippen LogP) is -1.89. The van der Waals surface area contributed by atoms with Gasteiger partial charge in [-0.2, -0.15) is 10.2 Å². The Hall–Kier alpha value is -2.29. The number of nitriles is 1. The molecule has 0 aromatic carbocycles. The standard InChI is InChI=1S/C10H13N6O6P/c11-1-10(3-17,22-5-23(19,20)21)2-16-4-13-6-7(16)14-9(12)15-8(6)18/h4,17H,2-3,5H2,(H2,19,20,21)(H3,12,14,15,18). The summed E-state index contributed by atoms with van der Waals surface area (Å²) in [6, 6.07) is 1.66. The van der Waals surface area contributed by atoms with Crippen LogP contribution in [0.3, 0.4) is 0 Å². The Morgan fingerprint density at radius 2 is 2.26 bits per heavy atom. The van der Waals surface area contributed by atoms with Crippen LogP contribution in [-0.4, -0.2) is 53.0 Å². The average Bonchev–Trinajstić information content (AvgIpc) is 2.86. The highest BCUT2D eigenvalue weighted by Gasteiger charge is 2.34. The number of rotatable bonds is 6. The number of fused-ring (bicyclic) bond motifs is 1. The van der Waals surface area contributed by atoms with Crippen molar-refractivity contribution in [1.82, 2.24) is 19.5 Å². The molecule has 0 saturated heterocycles. The Morgan fingerprint density at radius 3 is 2.83 bits per heavy atom. The van der Waals surface area contributed by atoms with E-state index in [4.69, 9.17) is 20.3 Å². The van der Waals surface area contributed by atoms with Gasteiger partial charge in [0.1, 0.15) is 6.07 Å². The fraction of sp³-hybridized carbons (Fsp3) is 0.400. The summed E-state index contributed by atoms with van der Waals surface area (Å²) in [6.07, 6.45) is 0.124. The first-order chi connectivity index (χ1) is 10.7. The van der Waals surface area contributed by atoms with Crippen LogP contribution in [0.4, 0.5) is 5.95 Å². The molecule has 23 heavy (non-hydrogen) atoms. The van der Waals surface area contributed by atoms with Crippen molar-refractivity contribution in [3.63, 3.8) is 0 Å². The van der Waals surface area contributed by atoms with E-state index < -0.39 is 31.7 Å². The molecule has 0 aliphatic heterocycles. The number of anilines is 1. The summed E-state index contributed by atoms with van der Waals surface area (Å²) in [5, 5.41) is 18.6. The topological polar surface area (TPSA) is 200 Å². The van der Waals surface area contributed by atoms with E-state index in [2.05, 4.69) is 15.0 Å². The molecule has 0 aliphatic carbocycles. The zero-order valence-electron chi connectivity index (χ0n) is 11.6. The fourth-order valence-electron chi connectivity index (χ4n) is 1.81. The molecular formula is C10H13N6O6P. The summed E-state index contributed by atoms with van der Waals surface area (Å²) >= 11 is 0. The number of nitrogen functional groups attached to an aromatic ring is 1. The smallest absolute Gasteiger partial charge is 0.351 e. The van der Waals surface area contributed by atoms with Crippen LogP contribution in [0.25, 0.3) is 11.2 Å². The van der Waals surface area contributed by atoms with E-state index in [0.29, 0.717) is 0 Å². The molecule has 1 atom stereocenters. The van der Waals surface area contributed by atoms with E-state index in [-0.39, 0.29) is 23.7 Å². The highest BCUT2D eigenvalue weighted by atomic mass is 31.2. The number of nitrogens with two attached hydrogens (primary N) is 1. The number of aliphatic hydroxyl groups excluding tert-OH is 1. The van der Waals surface area contributed by atoms with Gasteiger partial charge in [0.15, 0.2) is 23.1 Å². The Balaban J connectivity index is 2.40. The zero-order chi connectivity index (χ0) is 17.3. The third-order valence-electron chi connectivity index (χ3n) is 2.89. The van der Waals surface area contributed by atoms with Gasteiger partial charge in [-0.05, 0) is 0 Å². The maximum absolute atomic E-state index is 11.7. The first-order valence-electron chi connectivity index (χ1n) is 6.11.